The molecule has 1 amide bonds. The molecule has 1 N–H and O–H groups in total. The molecule has 5 nitrogen and oxygen atoms in total. The second-order valence-corrected chi connectivity index (χ2v) is 7.76. The van der Waals surface area contributed by atoms with Gasteiger partial charge in [-0.05, 0) is 31.2 Å². The number of rotatable bonds is 4. The number of hydrogen-bond donors (Lipinski definition) is 1. The van der Waals surface area contributed by atoms with Crippen molar-refractivity contribution in [2.45, 2.75) is 24.8 Å². The van der Waals surface area contributed by atoms with E-state index in [1.165, 1.54) is 12.1 Å². The Morgan fingerprint density at radius 3 is 2.64 bits per heavy atom. The highest BCUT2D eigenvalue weighted by atomic mass is 32.2. The minimum absolute atomic E-state index is 0.0434. The van der Waals surface area contributed by atoms with Gasteiger partial charge in [0.2, 0.25) is 5.91 Å². The summed E-state index contributed by atoms with van der Waals surface area (Å²) in [6, 6.07) is 4.73. The van der Waals surface area contributed by atoms with Crippen LogP contribution < -0.4 is 5.32 Å². The van der Waals surface area contributed by atoms with Crippen molar-refractivity contribution >= 4 is 15.7 Å². The highest BCUT2D eigenvalue weighted by Crippen LogP contribution is 2.17. The number of hydrogen-bond acceptors (Lipinski definition) is 4. The smallest absolute Gasteiger partial charge is 0.226 e. The van der Waals surface area contributed by atoms with Gasteiger partial charge in [-0.15, -0.1) is 0 Å². The third kappa shape index (κ3) is 3.84. The Labute approximate surface area is 130 Å². The van der Waals surface area contributed by atoms with Crippen molar-refractivity contribution in [3.8, 4) is 0 Å². The molecular weight excluding hydrogens is 307 g/mol. The van der Waals surface area contributed by atoms with Crippen molar-refractivity contribution in [1.29, 1.82) is 0 Å². The van der Waals surface area contributed by atoms with Gasteiger partial charge in [0.05, 0.1) is 10.6 Å². The predicted molar refractivity (Wildman–Crippen MR) is 81.7 cm³/mol. The van der Waals surface area contributed by atoms with Crippen LogP contribution in [0.1, 0.15) is 13.8 Å². The molecule has 1 aliphatic heterocycles. The molecule has 0 aliphatic carbocycles. The Morgan fingerprint density at radius 1 is 1.41 bits per heavy atom. The first-order chi connectivity index (χ1) is 10.3. The van der Waals surface area contributed by atoms with Gasteiger partial charge >= 0.3 is 0 Å². The van der Waals surface area contributed by atoms with Gasteiger partial charge in [-0.3, -0.25) is 4.79 Å². The van der Waals surface area contributed by atoms with Gasteiger partial charge in [-0.2, -0.15) is 0 Å². The van der Waals surface area contributed by atoms with E-state index >= 15 is 0 Å². The SMILES string of the molecule is CC(CS(=O)(=O)c1ccc(F)cc1)C(=O)N1CCNC[C@H]1C. The van der Waals surface area contributed by atoms with Crippen LogP contribution in [0.25, 0.3) is 0 Å². The summed E-state index contributed by atoms with van der Waals surface area (Å²) < 4.78 is 37.5. The lowest BCUT2D eigenvalue weighted by Crippen LogP contribution is -2.54. The predicted octanol–water partition coefficient (Wildman–Crippen LogP) is 1.06. The van der Waals surface area contributed by atoms with E-state index in [0.717, 1.165) is 12.1 Å². The van der Waals surface area contributed by atoms with Crippen LogP contribution in [0.5, 0.6) is 0 Å². The summed E-state index contributed by atoms with van der Waals surface area (Å²) in [6.07, 6.45) is 0. The molecule has 1 saturated heterocycles. The number of sulfone groups is 1. The maximum absolute atomic E-state index is 12.9. The zero-order valence-corrected chi connectivity index (χ0v) is 13.6. The number of halogens is 1. The van der Waals surface area contributed by atoms with Gasteiger partial charge in [0.25, 0.3) is 0 Å². The summed E-state index contributed by atoms with van der Waals surface area (Å²) in [6.45, 7) is 5.57. The summed E-state index contributed by atoms with van der Waals surface area (Å²) in [5.41, 5.74) is 0. The lowest BCUT2D eigenvalue weighted by atomic mass is 10.1. The molecule has 2 rings (SSSR count). The van der Waals surface area contributed by atoms with Crippen LogP contribution in [0, 0.1) is 11.7 Å². The molecule has 2 atom stereocenters. The van der Waals surface area contributed by atoms with Crippen molar-refractivity contribution in [3.05, 3.63) is 30.1 Å². The summed E-state index contributed by atoms with van der Waals surface area (Å²) in [7, 11) is -3.61. The summed E-state index contributed by atoms with van der Waals surface area (Å²) in [5.74, 6) is -1.54. The number of amides is 1. The Hall–Kier alpha value is -1.47. The maximum Gasteiger partial charge on any atom is 0.226 e. The number of benzene rings is 1. The molecule has 1 heterocycles. The lowest BCUT2D eigenvalue weighted by molar-refractivity contribution is -0.137. The Kier molecular flexibility index (Phi) is 5.18. The van der Waals surface area contributed by atoms with E-state index < -0.39 is 21.6 Å². The number of nitrogens with one attached hydrogen (secondary N) is 1. The first-order valence-corrected chi connectivity index (χ1v) is 8.96. The minimum atomic E-state index is -3.61. The second-order valence-electron chi connectivity index (χ2n) is 5.72. The number of piperazine rings is 1. The molecule has 1 aliphatic rings. The van der Waals surface area contributed by atoms with Gasteiger partial charge in [-0.25, -0.2) is 12.8 Å². The third-order valence-corrected chi connectivity index (χ3v) is 5.78. The van der Waals surface area contributed by atoms with E-state index in [9.17, 15) is 17.6 Å². The molecular formula is C15H21FN2O3S. The van der Waals surface area contributed by atoms with E-state index in [-0.39, 0.29) is 22.6 Å². The van der Waals surface area contributed by atoms with Gasteiger partial charge in [0.15, 0.2) is 9.84 Å². The van der Waals surface area contributed by atoms with Crippen LogP contribution in [-0.2, 0) is 14.6 Å². The zero-order chi connectivity index (χ0) is 16.3. The average molecular weight is 328 g/mol. The largest absolute Gasteiger partial charge is 0.337 e. The molecule has 1 unspecified atom stereocenters. The van der Waals surface area contributed by atoms with E-state index in [4.69, 9.17) is 0 Å². The second kappa shape index (κ2) is 6.75. The van der Waals surface area contributed by atoms with Crippen LogP contribution >= 0.6 is 0 Å². The Bertz CT molecular complexity index is 631. The molecule has 0 aromatic heterocycles. The summed E-state index contributed by atoms with van der Waals surface area (Å²) >= 11 is 0. The topological polar surface area (TPSA) is 66.5 Å². The van der Waals surface area contributed by atoms with E-state index in [0.29, 0.717) is 19.6 Å². The molecule has 22 heavy (non-hydrogen) atoms. The third-order valence-electron chi connectivity index (χ3n) is 3.85. The molecule has 0 bridgehead atoms. The van der Waals surface area contributed by atoms with E-state index in [1.807, 2.05) is 6.92 Å². The average Bonchev–Trinajstić information content (AvgIpc) is 2.47. The monoisotopic (exact) mass is 328 g/mol. The van der Waals surface area contributed by atoms with Crippen molar-refractivity contribution in [1.82, 2.24) is 10.2 Å². The first kappa shape index (κ1) is 16.9. The number of carbonyl (C=O) groups is 1. The van der Waals surface area contributed by atoms with Crippen molar-refractivity contribution in [3.63, 3.8) is 0 Å². The highest BCUT2D eigenvalue weighted by Gasteiger charge is 2.30. The van der Waals surface area contributed by atoms with Gasteiger partial charge in [0, 0.05) is 31.6 Å². The molecule has 7 heteroatoms. The minimum Gasteiger partial charge on any atom is -0.337 e. The van der Waals surface area contributed by atoms with Crippen molar-refractivity contribution < 1.29 is 17.6 Å². The number of nitrogens with zero attached hydrogens (tertiary/aromatic N) is 1. The fraction of sp³-hybridized carbons (Fsp3) is 0.533. The highest BCUT2D eigenvalue weighted by molar-refractivity contribution is 7.91. The molecule has 0 saturated carbocycles. The molecule has 0 spiro atoms. The first-order valence-electron chi connectivity index (χ1n) is 7.31. The normalized spacial score (nSPS) is 20.7. The molecule has 1 aromatic carbocycles. The Morgan fingerprint density at radius 2 is 2.05 bits per heavy atom. The van der Waals surface area contributed by atoms with Crippen molar-refractivity contribution in [2.24, 2.45) is 5.92 Å². The van der Waals surface area contributed by atoms with Crippen molar-refractivity contribution in [2.75, 3.05) is 25.4 Å². The lowest BCUT2D eigenvalue weighted by Gasteiger charge is -2.35. The maximum atomic E-state index is 12.9. The number of carbonyl (C=O) groups excluding carboxylic acids is 1. The molecule has 122 valence electrons. The molecule has 1 aromatic rings. The van der Waals surface area contributed by atoms with Crippen LogP contribution in [0.2, 0.25) is 0 Å². The van der Waals surface area contributed by atoms with E-state index in [2.05, 4.69) is 5.32 Å². The molecule has 0 radical (unpaired) electrons. The summed E-state index contributed by atoms with van der Waals surface area (Å²) in [4.78, 5) is 14.2. The summed E-state index contributed by atoms with van der Waals surface area (Å²) in [5, 5.41) is 3.19. The standard InChI is InChI=1S/C15H21FN2O3S/c1-11(15(19)18-8-7-17-9-12(18)2)10-22(20,21)14-5-3-13(16)4-6-14/h3-6,11-12,17H,7-10H2,1-2H3/t11?,12-/m1/s1. The zero-order valence-electron chi connectivity index (χ0n) is 12.8. The fourth-order valence-electron chi connectivity index (χ4n) is 2.59. The molecule has 1 fully saturated rings. The van der Waals surface area contributed by atoms with E-state index in [1.54, 1.807) is 11.8 Å². The van der Waals surface area contributed by atoms with Crippen LogP contribution in [0.15, 0.2) is 29.2 Å². The quantitative estimate of drug-likeness (QED) is 0.839. The van der Waals surface area contributed by atoms with Gasteiger partial charge in [-0.1, -0.05) is 6.92 Å². The van der Waals surface area contributed by atoms with Crippen LogP contribution in [0.3, 0.4) is 0 Å². The van der Waals surface area contributed by atoms with Crippen LogP contribution in [-0.4, -0.2) is 50.7 Å². The Balaban J connectivity index is 2.08. The van der Waals surface area contributed by atoms with Gasteiger partial charge < -0.3 is 10.2 Å². The fourth-order valence-corrected chi connectivity index (χ4v) is 4.13. The van der Waals surface area contributed by atoms with Crippen LogP contribution in [0.4, 0.5) is 4.39 Å². The van der Waals surface area contributed by atoms with Gasteiger partial charge in [0.1, 0.15) is 5.82 Å².